The molecule has 9 heteroatoms. The molecule has 1 aliphatic rings. The molecule has 158 valence electrons. The summed E-state index contributed by atoms with van der Waals surface area (Å²) in [5.74, 6) is 0.746. The molecular formula is C20H29N5O3S. The summed E-state index contributed by atoms with van der Waals surface area (Å²) in [5, 5.41) is 10.1. The van der Waals surface area contributed by atoms with Gasteiger partial charge in [-0.3, -0.25) is 4.79 Å². The lowest BCUT2D eigenvalue weighted by molar-refractivity contribution is -0.131. The minimum absolute atomic E-state index is 0.0482. The molecule has 1 saturated heterocycles. The van der Waals surface area contributed by atoms with E-state index in [1.165, 1.54) is 0 Å². The summed E-state index contributed by atoms with van der Waals surface area (Å²) in [6.45, 7) is 8.55. The molecule has 0 radical (unpaired) electrons. The van der Waals surface area contributed by atoms with Crippen LogP contribution >= 0.6 is 11.3 Å². The summed E-state index contributed by atoms with van der Waals surface area (Å²) >= 11 is 1.69. The van der Waals surface area contributed by atoms with Gasteiger partial charge in [-0.05, 0) is 40.0 Å². The Labute approximate surface area is 175 Å². The van der Waals surface area contributed by atoms with Crippen LogP contribution in [0.5, 0.6) is 0 Å². The first-order valence-electron chi connectivity index (χ1n) is 10.1. The standard InChI is InChI=1S/C20H29N5O3S/c1-14-13-29-18(22-14)6-4-5-7-21-20(27)25-10-8-24(9-11-25)19(26)12-17-15(2)23-28-16(17)3/h13H,4-12H2,1-3H3,(H,21,27). The summed E-state index contributed by atoms with van der Waals surface area (Å²) < 4.78 is 5.13. The molecule has 0 atom stereocenters. The second-order valence-electron chi connectivity index (χ2n) is 7.42. The number of thiazole rings is 1. The predicted molar refractivity (Wildman–Crippen MR) is 111 cm³/mol. The van der Waals surface area contributed by atoms with Crippen LogP contribution in [-0.2, 0) is 17.6 Å². The molecule has 3 heterocycles. The largest absolute Gasteiger partial charge is 0.361 e. The molecule has 0 bridgehead atoms. The van der Waals surface area contributed by atoms with E-state index >= 15 is 0 Å². The van der Waals surface area contributed by atoms with E-state index < -0.39 is 0 Å². The van der Waals surface area contributed by atoms with Crippen molar-refractivity contribution in [3.63, 3.8) is 0 Å². The van der Waals surface area contributed by atoms with Gasteiger partial charge in [0, 0.05) is 49.4 Å². The lowest BCUT2D eigenvalue weighted by Crippen LogP contribution is -2.53. The van der Waals surface area contributed by atoms with E-state index in [9.17, 15) is 9.59 Å². The highest BCUT2D eigenvalue weighted by atomic mass is 32.1. The van der Waals surface area contributed by atoms with E-state index in [4.69, 9.17) is 4.52 Å². The van der Waals surface area contributed by atoms with Crippen LogP contribution in [0.3, 0.4) is 0 Å². The number of carbonyl (C=O) groups is 2. The van der Waals surface area contributed by atoms with Gasteiger partial charge in [0.2, 0.25) is 5.91 Å². The fourth-order valence-corrected chi connectivity index (χ4v) is 4.22. The van der Waals surface area contributed by atoms with Crippen molar-refractivity contribution >= 4 is 23.3 Å². The number of carbonyl (C=O) groups excluding carboxylic acids is 2. The molecule has 8 nitrogen and oxygen atoms in total. The van der Waals surface area contributed by atoms with Gasteiger partial charge in [-0.15, -0.1) is 11.3 Å². The van der Waals surface area contributed by atoms with Crippen LogP contribution < -0.4 is 5.32 Å². The molecule has 1 N–H and O–H groups in total. The third-order valence-electron chi connectivity index (χ3n) is 5.19. The number of hydrogen-bond acceptors (Lipinski definition) is 6. The van der Waals surface area contributed by atoms with Crippen molar-refractivity contribution in [2.75, 3.05) is 32.7 Å². The number of unbranched alkanes of at least 4 members (excludes halogenated alkanes) is 1. The molecule has 29 heavy (non-hydrogen) atoms. The Hall–Kier alpha value is -2.42. The Bertz CT molecular complexity index is 820. The minimum atomic E-state index is -0.0482. The fraction of sp³-hybridized carbons (Fsp3) is 0.600. The third-order valence-corrected chi connectivity index (χ3v) is 6.22. The van der Waals surface area contributed by atoms with Gasteiger partial charge in [-0.2, -0.15) is 0 Å². The zero-order chi connectivity index (χ0) is 20.8. The Balaban J connectivity index is 1.33. The van der Waals surface area contributed by atoms with E-state index in [2.05, 4.69) is 20.8 Å². The lowest BCUT2D eigenvalue weighted by Gasteiger charge is -2.34. The first-order chi connectivity index (χ1) is 13.9. The molecule has 0 unspecified atom stereocenters. The molecule has 0 saturated carbocycles. The predicted octanol–water partition coefficient (Wildman–Crippen LogP) is 2.48. The maximum atomic E-state index is 12.5. The third kappa shape index (κ3) is 5.79. The molecule has 2 aromatic rings. The molecule has 0 aliphatic carbocycles. The number of urea groups is 1. The van der Waals surface area contributed by atoms with Crippen molar-refractivity contribution in [3.05, 3.63) is 33.1 Å². The lowest BCUT2D eigenvalue weighted by atomic mass is 10.1. The molecule has 2 aromatic heterocycles. The molecule has 3 rings (SSSR count). The van der Waals surface area contributed by atoms with Gasteiger partial charge in [0.25, 0.3) is 0 Å². The number of aryl methyl sites for hydroxylation is 4. The average Bonchev–Trinajstić information content (AvgIpc) is 3.27. The molecule has 0 spiro atoms. The highest BCUT2D eigenvalue weighted by Crippen LogP contribution is 2.15. The number of rotatable bonds is 7. The zero-order valence-corrected chi connectivity index (χ0v) is 18.2. The van der Waals surface area contributed by atoms with Crippen LogP contribution in [0.1, 0.15) is 40.6 Å². The molecule has 1 fully saturated rings. The highest BCUT2D eigenvalue weighted by Gasteiger charge is 2.25. The molecule has 0 aromatic carbocycles. The van der Waals surface area contributed by atoms with Crippen molar-refractivity contribution in [1.29, 1.82) is 0 Å². The Morgan fingerprint density at radius 3 is 2.48 bits per heavy atom. The highest BCUT2D eigenvalue weighted by molar-refractivity contribution is 7.09. The Morgan fingerprint density at radius 2 is 1.86 bits per heavy atom. The van der Waals surface area contributed by atoms with Crippen LogP contribution in [-0.4, -0.2) is 64.6 Å². The summed E-state index contributed by atoms with van der Waals surface area (Å²) in [5.41, 5.74) is 2.70. The average molecular weight is 420 g/mol. The molecule has 3 amide bonds. The Morgan fingerprint density at radius 1 is 1.14 bits per heavy atom. The number of amides is 3. The number of piperazine rings is 1. The van der Waals surface area contributed by atoms with E-state index in [0.29, 0.717) is 44.9 Å². The van der Waals surface area contributed by atoms with E-state index in [-0.39, 0.29) is 11.9 Å². The summed E-state index contributed by atoms with van der Waals surface area (Å²) in [4.78, 5) is 32.9. The van der Waals surface area contributed by atoms with E-state index in [1.807, 2.05) is 25.7 Å². The smallest absolute Gasteiger partial charge is 0.317 e. The van der Waals surface area contributed by atoms with Gasteiger partial charge in [0.1, 0.15) is 5.76 Å². The summed E-state index contributed by atoms with van der Waals surface area (Å²) in [6, 6.07) is -0.0482. The van der Waals surface area contributed by atoms with Crippen LogP contribution in [0.4, 0.5) is 4.79 Å². The zero-order valence-electron chi connectivity index (χ0n) is 17.4. The quantitative estimate of drug-likeness (QED) is 0.696. The van der Waals surface area contributed by atoms with Gasteiger partial charge in [-0.1, -0.05) is 5.16 Å². The fourth-order valence-electron chi connectivity index (χ4n) is 3.40. The van der Waals surface area contributed by atoms with E-state index in [0.717, 1.165) is 41.2 Å². The van der Waals surface area contributed by atoms with Gasteiger partial charge in [0.15, 0.2) is 0 Å². The first-order valence-corrected chi connectivity index (χ1v) is 11.0. The molecular weight excluding hydrogens is 390 g/mol. The van der Waals surface area contributed by atoms with Gasteiger partial charge in [0.05, 0.1) is 17.1 Å². The second-order valence-corrected chi connectivity index (χ2v) is 8.36. The van der Waals surface area contributed by atoms with Crippen molar-refractivity contribution in [2.45, 2.75) is 46.5 Å². The van der Waals surface area contributed by atoms with Crippen molar-refractivity contribution in [1.82, 2.24) is 25.3 Å². The number of aromatic nitrogens is 2. The van der Waals surface area contributed by atoms with Crippen LogP contribution in [0.2, 0.25) is 0 Å². The topological polar surface area (TPSA) is 91.6 Å². The van der Waals surface area contributed by atoms with Crippen molar-refractivity contribution < 1.29 is 14.1 Å². The SMILES string of the molecule is Cc1csc(CCCCNC(=O)N2CCN(C(=O)Cc3c(C)noc3C)CC2)n1. The van der Waals surface area contributed by atoms with Crippen molar-refractivity contribution in [3.8, 4) is 0 Å². The summed E-state index contributed by atoms with van der Waals surface area (Å²) in [6.07, 6.45) is 3.20. The normalized spacial score (nSPS) is 14.3. The van der Waals surface area contributed by atoms with Gasteiger partial charge >= 0.3 is 6.03 Å². The van der Waals surface area contributed by atoms with Crippen LogP contribution in [0.25, 0.3) is 0 Å². The molecule has 1 aliphatic heterocycles. The number of nitrogens with zero attached hydrogens (tertiary/aromatic N) is 4. The minimum Gasteiger partial charge on any atom is -0.361 e. The van der Waals surface area contributed by atoms with Crippen molar-refractivity contribution in [2.24, 2.45) is 0 Å². The van der Waals surface area contributed by atoms with Crippen LogP contribution in [0.15, 0.2) is 9.90 Å². The number of nitrogens with one attached hydrogen (secondary N) is 1. The van der Waals surface area contributed by atoms with Gasteiger partial charge in [-0.25, -0.2) is 9.78 Å². The second kappa shape index (κ2) is 9.87. The summed E-state index contributed by atoms with van der Waals surface area (Å²) in [7, 11) is 0. The van der Waals surface area contributed by atoms with Crippen LogP contribution in [0, 0.1) is 20.8 Å². The maximum Gasteiger partial charge on any atom is 0.317 e. The maximum absolute atomic E-state index is 12.5. The Kier molecular flexibility index (Phi) is 7.24. The van der Waals surface area contributed by atoms with E-state index in [1.54, 1.807) is 16.2 Å². The monoisotopic (exact) mass is 419 g/mol. The van der Waals surface area contributed by atoms with Gasteiger partial charge < -0.3 is 19.6 Å². The first kappa shape index (κ1) is 21.3. The number of hydrogen-bond donors (Lipinski definition) is 1.